The fourth-order valence-electron chi connectivity index (χ4n) is 28.2. The van der Waals surface area contributed by atoms with Crippen molar-refractivity contribution in [1.82, 2.24) is 4.90 Å². The summed E-state index contributed by atoms with van der Waals surface area (Å²) in [6.45, 7) is 0.232. The van der Waals surface area contributed by atoms with E-state index in [1.165, 1.54) is 81.7 Å². The molecule has 0 unspecified atom stereocenters. The molecule has 5 nitrogen and oxygen atoms in total. The van der Waals surface area contributed by atoms with Crippen LogP contribution in [-0.4, -0.2) is 46.2 Å². The summed E-state index contributed by atoms with van der Waals surface area (Å²) in [5.41, 5.74) is 29.2. The highest BCUT2D eigenvalue weighted by molar-refractivity contribution is 6.72. The van der Waals surface area contributed by atoms with Gasteiger partial charge in [-0.15, -0.1) is 0 Å². The van der Waals surface area contributed by atoms with Crippen LogP contribution in [0.1, 0.15) is 125 Å². The number of hydrogen-bond donors (Lipinski definition) is 2. The predicted octanol–water partition coefficient (Wildman–Crippen LogP) is 12.0. The van der Waals surface area contributed by atoms with Crippen molar-refractivity contribution in [3.05, 3.63) is 83.1 Å². The van der Waals surface area contributed by atoms with Crippen LogP contribution < -0.4 is 5.22 Å². The van der Waals surface area contributed by atoms with Crippen LogP contribution >= 0.6 is 0 Å². The maximum atomic E-state index is 15.3. The Hall–Kier alpha value is -7.60. The number of benzene rings is 12. The van der Waals surface area contributed by atoms with Crippen molar-refractivity contribution >= 4 is 190 Å². The van der Waals surface area contributed by atoms with Crippen LogP contribution in [0.3, 0.4) is 0 Å². The van der Waals surface area contributed by atoms with E-state index in [-0.39, 0.29) is 24.3 Å². The van der Waals surface area contributed by atoms with Crippen LogP contribution in [0.2, 0.25) is 0 Å². The number of nitrogens with zero attached hydrogens (tertiary/aromatic N) is 1. The predicted molar refractivity (Wildman–Crippen MR) is 268 cm³/mol. The van der Waals surface area contributed by atoms with Gasteiger partial charge < -0.3 is 10.2 Å². The smallest absolute Gasteiger partial charge is 0.322 e. The Morgan fingerprint density at radius 2 is 0.957 bits per heavy atom. The molecule has 5 heteroatoms. The lowest BCUT2D eigenvalue weighted by molar-refractivity contribution is -0.146. The van der Waals surface area contributed by atoms with Crippen LogP contribution in [-0.2, 0) is 15.0 Å². The summed E-state index contributed by atoms with van der Waals surface area (Å²) in [6.07, 6.45) is 0. The lowest BCUT2D eigenvalue weighted by Crippen LogP contribution is -2.59. The second-order valence-corrected chi connectivity index (χ2v) is 27.0. The molecule has 33 rings (SSSR count). The molecule has 0 saturated carbocycles. The molecule has 15 aliphatic carbocycles. The minimum atomic E-state index is -1.00. The molecule has 304 valence electrons. The number of carbonyl (C=O) groups is 2. The van der Waals surface area contributed by atoms with Gasteiger partial charge in [-0.05, 0) is 273 Å². The molecule has 17 aromatic rings. The lowest BCUT2D eigenvalue weighted by atomic mass is 9.41. The van der Waals surface area contributed by atoms with E-state index in [1.54, 1.807) is 191 Å². The maximum Gasteiger partial charge on any atom is 0.322 e. The third-order valence-electron chi connectivity index (χ3n) is 27.4. The number of rotatable bonds is 3. The third-order valence-corrected chi connectivity index (χ3v) is 27.4. The first-order valence-corrected chi connectivity index (χ1v) is 26.5. The summed E-state index contributed by atoms with van der Waals surface area (Å²) < 4.78 is 0. The summed E-state index contributed by atoms with van der Waals surface area (Å²) in [5.74, 6) is 0.522. The Labute approximate surface area is 384 Å². The molecule has 0 bridgehead atoms. The van der Waals surface area contributed by atoms with E-state index < -0.39 is 28.8 Å². The van der Waals surface area contributed by atoms with Gasteiger partial charge in [-0.1, -0.05) is 0 Å². The second kappa shape index (κ2) is 6.05. The number of allylic oxidation sites excluding steroid dienone is 1. The average Bonchev–Trinajstić information content (AvgIpc) is 4.37. The van der Waals surface area contributed by atoms with E-state index in [1.807, 2.05) is 0 Å². The highest BCUT2D eigenvalue weighted by Crippen LogP contribution is 2.94. The average molecular weight is 874 g/mol. The van der Waals surface area contributed by atoms with Gasteiger partial charge in [0.15, 0.2) is 0 Å². The van der Waals surface area contributed by atoms with E-state index in [9.17, 15) is 15.0 Å². The van der Waals surface area contributed by atoms with E-state index in [0.29, 0.717) is 36.1 Å². The largest absolute Gasteiger partial charge is 0.480 e. The van der Waals surface area contributed by atoms with Gasteiger partial charge in [0, 0.05) is 59.3 Å². The van der Waals surface area contributed by atoms with E-state index in [2.05, 4.69) is 4.90 Å². The quantitative estimate of drug-likeness (QED) is 0.173. The fraction of sp³-hybridized carbons (Fsp3) is 0.200. The van der Waals surface area contributed by atoms with E-state index >= 15 is 4.79 Å². The Morgan fingerprint density at radius 3 is 1.67 bits per heavy atom. The molecule has 1 heterocycles. The molecule has 1 fully saturated rings. The molecular formula is C65H15NO4. The SMILES string of the molecule is O=C(O)CN1C[C@@]23C4=C5c6c7c8c9c(c%10c%11c%12c%13c%14c%15c%16c%17c%18c%19c%20c%21c%22c%23c(c6c6c8c8c%24c9c%11c9c(c%16%12)c%17c%11c%19c%12c%21c%23c6c8c%12c%11c9%24)[C@@H]5[C@@H]5C=%22[C@H]6c8c(c-%14c(c4c85)[C@@H]2[C@H]%13%10)[C@H]%15[C@@H]%18[C@@H]%206)[C@]73[C@@H]1C(=O)O. The molecule has 0 aromatic heterocycles. The van der Waals surface area contributed by atoms with Gasteiger partial charge in [-0.25, -0.2) is 0 Å². The Morgan fingerprint density at radius 1 is 0.429 bits per heavy atom. The first kappa shape index (κ1) is 27.0. The number of hydrogen-bond acceptors (Lipinski definition) is 3. The van der Waals surface area contributed by atoms with Gasteiger partial charge in [0.05, 0.1) is 12.0 Å². The van der Waals surface area contributed by atoms with Gasteiger partial charge in [0.2, 0.25) is 0 Å². The molecule has 17 aromatic carbocycles. The first-order valence-electron chi connectivity index (χ1n) is 26.5. The molecule has 1 saturated heterocycles. The van der Waals surface area contributed by atoms with Crippen molar-refractivity contribution < 1.29 is 19.8 Å². The van der Waals surface area contributed by atoms with Crippen molar-refractivity contribution in [2.24, 2.45) is 5.41 Å². The zero-order chi connectivity index (χ0) is 42.2. The maximum absolute atomic E-state index is 15.3. The van der Waals surface area contributed by atoms with Crippen LogP contribution in [0.25, 0.3) is 189 Å². The van der Waals surface area contributed by atoms with Crippen LogP contribution in [0, 0.1) is 5.41 Å². The second-order valence-electron chi connectivity index (χ2n) is 27.0. The fourth-order valence-corrected chi connectivity index (χ4v) is 28.2. The van der Waals surface area contributed by atoms with Crippen molar-refractivity contribution in [3.8, 4) is 11.1 Å². The van der Waals surface area contributed by atoms with Crippen LogP contribution in [0.5, 0.6) is 0 Å². The van der Waals surface area contributed by atoms with Crippen LogP contribution in [0.4, 0.5) is 0 Å². The summed E-state index contributed by atoms with van der Waals surface area (Å²) in [4.78, 5) is 30.9. The molecule has 11 atom stereocenters. The zero-order valence-electron chi connectivity index (χ0n) is 35.8. The Bertz CT molecular complexity index is 6460. The highest BCUT2D eigenvalue weighted by atomic mass is 16.4. The van der Waals surface area contributed by atoms with Gasteiger partial charge in [-0.3, -0.25) is 14.5 Å². The summed E-state index contributed by atoms with van der Waals surface area (Å²) >= 11 is 0. The number of aliphatic carboxylic acids is 2. The number of likely N-dealkylation sites (tertiary alicyclic amines) is 1. The number of carboxylic acids is 2. The molecule has 0 amide bonds. The number of carboxylic acid groups (broad SMARTS) is 2. The summed E-state index contributed by atoms with van der Waals surface area (Å²) in [6, 6.07) is -1.00. The molecule has 16 aliphatic rings. The molecular weight excluding hydrogens is 859 g/mol. The third kappa shape index (κ3) is 1.41. The summed E-state index contributed by atoms with van der Waals surface area (Å²) in [5, 5.41) is 72.3. The van der Waals surface area contributed by atoms with Crippen molar-refractivity contribution in [2.45, 2.75) is 58.8 Å². The van der Waals surface area contributed by atoms with Gasteiger partial charge in [0.25, 0.3) is 0 Å². The van der Waals surface area contributed by atoms with Crippen molar-refractivity contribution in [3.63, 3.8) is 0 Å². The standard InChI is InChI=1S/C65H15NO4/c67-3(68)1-66-2-64-58-50-42-32-22-14-6-4-5-8-12-10(6)18-26-20(12)30-24-16(8)17-9(5)13-11-7(4)15(14)23-29-19(11)27-21(13)31-25(17)35-34(24)46-40(30)48-38(26)44(36(42)28(18)22)52(58)54(48)60-56(46)57-47(35)41(31)49-39(27)45-37(29)43(33(23)32)51(50)59(64)53(45)55(49)61(57)65(60,64)62(66)63(69)70/h14-15,22-23,36,44,53,59,62H,1-2H2,(H,67,68)(H,69,70)/t14-,15+,22+,23+,36-,44+,53-,59-,62+,64-,65+/m1/s1. The van der Waals surface area contributed by atoms with E-state index in [4.69, 9.17) is 0 Å². The normalized spacial score (nSPS) is 34.9. The minimum absolute atomic E-state index is 0.0549. The highest BCUT2D eigenvalue weighted by Gasteiger charge is 2.85. The molecule has 2 N–H and O–H groups in total. The first-order chi connectivity index (χ1) is 34.6. The zero-order valence-corrected chi connectivity index (χ0v) is 35.8. The minimum Gasteiger partial charge on any atom is -0.480 e. The van der Waals surface area contributed by atoms with Crippen LogP contribution in [0.15, 0.2) is 0 Å². The summed E-state index contributed by atoms with van der Waals surface area (Å²) in [7, 11) is 0. The van der Waals surface area contributed by atoms with Gasteiger partial charge in [-0.2, -0.15) is 0 Å². The molecule has 70 heavy (non-hydrogen) atoms. The van der Waals surface area contributed by atoms with Crippen molar-refractivity contribution in [2.75, 3.05) is 13.1 Å². The van der Waals surface area contributed by atoms with E-state index in [0.717, 1.165) is 0 Å². The monoisotopic (exact) mass is 873 g/mol. The lowest BCUT2D eigenvalue weighted by Gasteiger charge is -2.58. The molecule has 1 aliphatic heterocycles. The Balaban J connectivity index is 1.12. The Kier molecular flexibility index (Phi) is 2.33. The van der Waals surface area contributed by atoms with Gasteiger partial charge in [0.1, 0.15) is 6.04 Å². The molecule has 0 radical (unpaired) electrons. The van der Waals surface area contributed by atoms with Gasteiger partial charge >= 0.3 is 11.9 Å². The van der Waals surface area contributed by atoms with Crippen molar-refractivity contribution in [1.29, 1.82) is 0 Å². The molecule has 2 spiro atoms. The topological polar surface area (TPSA) is 77.8 Å².